The van der Waals surface area contributed by atoms with Crippen molar-refractivity contribution >= 4 is 5.91 Å². The zero-order valence-electron chi connectivity index (χ0n) is 17.5. The molecule has 0 aliphatic carbocycles. The molecule has 1 aromatic heterocycles. The lowest BCUT2D eigenvalue weighted by Crippen LogP contribution is -2.48. The van der Waals surface area contributed by atoms with Crippen molar-refractivity contribution in [3.8, 4) is 22.8 Å². The number of hydrogen-bond acceptors (Lipinski definition) is 6. The Labute approximate surface area is 179 Å². The fraction of sp³-hybridized carbons (Fsp3) is 0.304. The van der Waals surface area contributed by atoms with Gasteiger partial charge in [0.2, 0.25) is 0 Å². The summed E-state index contributed by atoms with van der Waals surface area (Å²) in [6, 6.07) is 14.0. The van der Waals surface area contributed by atoms with E-state index in [4.69, 9.17) is 14.0 Å². The molecule has 31 heavy (non-hydrogen) atoms. The number of benzene rings is 2. The zero-order chi connectivity index (χ0) is 21.8. The number of rotatable bonds is 6. The molecule has 1 aliphatic heterocycles. The summed E-state index contributed by atoms with van der Waals surface area (Å²) in [4.78, 5) is 16.8. The van der Waals surface area contributed by atoms with Gasteiger partial charge in [-0.1, -0.05) is 23.4 Å². The first kappa shape index (κ1) is 20.9. The zero-order valence-corrected chi connectivity index (χ0v) is 17.5. The second-order valence-electron chi connectivity index (χ2n) is 7.31. The highest BCUT2D eigenvalue weighted by Gasteiger charge is 2.25. The molecule has 0 saturated carbocycles. The van der Waals surface area contributed by atoms with Gasteiger partial charge < -0.3 is 18.9 Å². The third-order valence-corrected chi connectivity index (χ3v) is 5.38. The molecule has 1 saturated heterocycles. The van der Waals surface area contributed by atoms with Crippen molar-refractivity contribution in [3.05, 3.63) is 65.6 Å². The van der Waals surface area contributed by atoms with Gasteiger partial charge in [-0.25, -0.2) is 4.39 Å². The van der Waals surface area contributed by atoms with Crippen LogP contribution in [0.4, 0.5) is 4.39 Å². The number of nitrogens with zero attached hydrogens (tertiary/aromatic N) is 3. The number of carbonyl (C=O) groups is 1. The summed E-state index contributed by atoms with van der Waals surface area (Å²) in [5.74, 6) is 0.840. The van der Waals surface area contributed by atoms with Gasteiger partial charge in [-0.05, 0) is 29.8 Å². The lowest BCUT2D eigenvalue weighted by Gasteiger charge is -2.34. The van der Waals surface area contributed by atoms with Crippen molar-refractivity contribution in [2.45, 2.75) is 6.54 Å². The predicted molar refractivity (Wildman–Crippen MR) is 113 cm³/mol. The third-order valence-electron chi connectivity index (χ3n) is 5.38. The molecule has 1 aliphatic rings. The molecule has 0 spiro atoms. The van der Waals surface area contributed by atoms with Crippen LogP contribution in [0, 0.1) is 5.82 Å². The van der Waals surface area contributed by atoms with Crippen molar-refractivity contribution in [2.24, 2.45) is 0 Å². The molecule has 0 bridgehead atoms. The van der Waals surface area contributed by atoms with Gasteiger partial charge in [0.15, 0.2) is 23.0 Å². The molecule has 1 amide bonds. The van der Waals surface area contributed by atoms with E-state index in [2.05, 4.69) is 10.1 Å². The summed E-state index contributed by atoms with van der Waals surface area (Å²) in [6.07, 6.45) is 0. The highest BCUT2D eigenvalue weighted by Crippen LogP contribution is 2.30. The van der Waals surface area contributed by atoms with Gasteiger partial charge in [0.05, 0.1) is 19.8 Å². The van der Waals surface area contributed by atoms with Crippen LogP contribution in [0.25, 0.3) is 11.3 Å². The number of amides is 1. The molecule has 8 heteroatoms. The maximum Gasteiger partial charge on any atom is 0.276 e. The first-order chi connectivity index (χ1) is 15.1. The minimum atomic E-state index is -0.370. The normalized spacial score (nSPS) is 14.5. The summed E-state index contributed by atoms with van der Waals surface area (Å²) < 4.78 is 29.6. The van der Waals surface area contributed by atoms with Gasteiger partial charge in [0.25, 0.3) is 5.91 Å². The van der Waals surface area contributed by atoms with E-state index in [9.17, 15) is 9.18 Å². The van der Waals surface area contributed by atoms with Gasteiger partial charge >= 0.3 is 0 Å². The molecule has 1 fully saturated rings. The van der Waals surface area contributed by atoms with E-state index < -0.39 is 0 Å². The van der Waals surface area contributed by atoms with Crippen LogP contribution < -0.4 is 9.47 Å². The van der Waals surface area contributed by atoms with Crippen LogP contribution in [0.2, 0.25) is 0 Å². The number of halogens is 1. The van der Waals surface area contributed by atoms with Gasteiger partial charge in [-0.15, -0.1) is 0 Å². The van der Waals surface area contributed by atoms with Crippen LogP contribution in [0.5, 0.6) is 11.5 Å². The van der Waals surface area contributed by atoms with Crippen LogP contribution >= 0.6 is 0 Å². The van der Waals surface area contributed by atoms with Gasteiger partial charge in [0.1, 0.15) is 5.75 Å². The fourth-order valence-electron chi connectivity index (χ4n) is 3.69. The minimum Gasteiger partial charge on any atom is -0.496 e. The number of aromatic nitrogens is 1. The molecular weight excluding hydrogens is 401 g/mol. The number of methoxy groups -OCH3 is 2. The number of ether oxygens (including phenoxy) is 2. The monoisotopic (exact) mass is 425 g/mol. The lowest BCUT2D eigenvalue weighted by molar-refractivity contribution is 0.0618. The van der Waals surface area contributed by atoms with Crippen molar-refractivity contribution in [2.75, 3.05) is 40.4 Å². The Morgan fingerprint density at radius 1 is 1.03 bits per heavy atom. The Morgan fingerprint density at radius 2 is 1.77 bits per heavy atom. The minimum absolute atomic E-state index is 0.167. The van der Waals surface area contributed by atoms with Crippen LogP contribution in [0.15, 0.2) is 53.1 Å². The highest BCUT2D eigenvalue weighted by molar-refractivity contribution is 5.93. The van der Waals surface area contributed by atoms with E-state index in [1.807, 2.05) is 30.3 Å². The van der Waals surface area contributed by atoms with E-state index >= 15 is 0 Å². The molecule has 162 valence electrons. The summed E-state index contributed by atoms with van der Waals surface area (Å²) in [6.45, 7) is 3.13. The second-order valence-corrected chi connectivity index (χ2v) is 7.31. The summed E-state index contributed by atoms with van der Waals surface area (Å²) in [7, 11) is 3.03. The van der Waals surface area contributed by atoms with E-state index in [0.29, 0.717) is 44.2 Å². The summed E-state index contributed by atoms with van der Waals surface area (Å²) in [5.41, 5.74) is 1.88. The van der Waals surface area contributed by atoms with E-state index in [-0.39, 0.29) is 23.2 Å². The van der Waals surface area contributed by atoms with E-state index in [1.54, 1.807) is 24.1 Å². The molecular formula is C23H24FN3O4. The Hall–Kier alpha value is -3.39. The first-order valence-electron chi connectivity index (χ1n) is 10.0. The van der Waals surface area contributed by atoms with E-state index in [1.165, 1.54) is 13.2 Å². The van der Waals surface area contributed by atoms with E-state index in [0.717, 1.165) is 11.1 Å². The average molecular weight is 425 g/mol. The molecule has 0 atom stereocenters. The summed E-state index contributed by atoms with van der Waals surface area (Å²) in [5, 5.41) is 3.97. The number of para-hydroxylation sites is 1. The quantitative estimate of drug-likeness (QED) is 0.603. The van der Waals surface area contributed by atoms with Crippen molar-refractivity contribution in [1.29, 1.82) is 0 Å². The van der Waals surface area contributed by atoms with Crippen molar-refractivity contribution in [1.82, 2.24) is 15.0 Å². The number of hydrogen-bond donors (Lipinski definition) is 0. The largest absolute Gasteiger partial charge is 0.496 e. The first-order valence-corrected chi connectivity index (χ1v) is 10.0. The Morgan fingerprint density at radius 3 is 2.48 bits per heavy atom. The predicted octanol–water partition coefficient (Wildman–Crippen LogP) is 3.46. The molecule has 7 nitrogen and oxygen atoms in total. The Bertz CT molecular complexity index is 1060. The summed E-state index contributed by atoms with van der Waals surface area (Å²) >= 11 is 0. The number of piperazine rings is 1. The molecule has 0 unspecified atom stereocenters. The Kier molecular flexibility index (Phi) is 6.18. The van der Waals surface area contributed by atoms with Crippen LogP contribution in [-0.4, -0.2) is 61.3 Å². The SMILES string of the molecule is COc1ccc(CN2CCN(C(=O)c3cc(-c4ccccc4OC)on3)CC2)cc1F. The number of carbonyl (C=O) groups excluding carboxylic acids is 1. The lowest BCUT2D eigenvalue weighted by atomic mass is 10.1. The van der Waals surface area contributed by atoms with Crippen LogP contribution in [0.3, 0.4) is 0 Å². The van der Waals surface area contributed by atoms with Crippen LogP contribution in [0.1, 0.15) is 16.1 Å². The molecule has 4 rings (SSSR count). The second kappa shape index (κ2) is 9.18. The van der Waals surface area contributed by atoms with Gasteiger partial charge in [-0.3, -0.25) is 9.69 Å². The van der Waals surface area contributed by atoms with Gasteiger partial charge in [0, 0.05) is 38.8 Å². The topological polar surface area (TPSA) is 68.0 Å². The molecule has 0 radical (unpaired) electrons. The molecule has 2 heterocycles. The third kappa shape index (κ3) is 4.54. The van der Waals surface area contributed by atoms with Crippen molar-refractivity contribution in [3.63, 3.8) is 0 Å². The van der Waals surface area contributed by atoms with Crippen molar-refractivity contribution < 1.29 is 23.2 Å². The smallest absolute Gasteiger partial charge is 0.276 e. The standard InChI is InChI=1S/C23H24FN3O4/c1-29-20-6-4-3-5-17(20)22-14-19(25-31-22)23(28)27-11-9-26(10-12-27)15-16-7-8-21(30-2)18(24)13-16/h3-8,13-14H,9-12,15H2,1-2H3. The molecule has 3 aromatic rings. The maximum atomic E-state index is 13.9. The maximum absolute atomic E-state index is 13.9. The van der Waals surface area contributed by atoms with Crippen LogP contribution in [-0.2, 0) is 6.54 Å². The molecule has 2 aromatic carbocycles. The average Bonchev–Trinajstić information content (AvgIpc) is 3.29. The molecule has 0 N–H and O–H groups in total. The van der Waals surface area contributed by atoms with Gasteiger partial charge in [-0.2, -0.15) is 0 Å². The highest BCUT2D eigenvalue weighted by atomic mass is 19.1. The fourth-order valence-corrected chi connectivity index (χ4v) is 3.69. The Balaban J connectivity index is 1.36.